The maximum Gasteiger partial charge on any atom is 0.259 e. The summed E-state index contributed by atoms with van der Waals surface area (Å²) < 4.78 is 54.1. The Labute approximate surface area is 344 Å². The first-order valence-corrected chi connectivity index (χ1v) is 22.1. The third kappa shape index (κ3) is 8.62. The summed E-state index contributed by atoms with van der Waals surface area (Å²) in [5, 5.41) is 6.79. The molecule has 15 nitrogen and oxygen atoms in total. The molecule has 2 aromatic rings. The number of aromatic nitrogens is 1. The number of allylic oxidation sites excluding steroid dienone is 1. The van der Waals surface area contributed by atoms with E-state index in [1.807, 2.05) is 19.1 Å². The van der Waals surface area contributed by atoms with Gasteiger partial charge in [-0.15, -0.1) is 0 Å². The van der Waals surface area contributed by atoms with E-state index in [0.29, 0.717) is 68.1 Å². The Morgan fingerprint density at radius 3 is 2.46 bits per heavy atom. The minimum atomic E-state index is -4.04. The highest BCUT2D eigenvalue weighted by Gasteiger charge is 2.63. The number of sulfonamides is 1. The van der Waals surface area contributed by atoms with Crippen molar-refractivity contribution < 1.29 is 46.3 Å². The van der Waals surface area contributed by atoms with E-state index in [-0.39, 0.29) is 48.9 Å². The zero-order valence-corrected chi connectivity index (χ0v) is 35.1. The molecule has 3 aliphatic heterocycles. The number of nitrogens with one attached hydrogen (secondary N) is 3. The van der Waals surface area contributed by atoms with E-state index >= 15 is 4.79 Å². The van der Waals surface area contributed by atoms with Crippen LogP contribution in [0.3, 0.4) is 0 Å². The number of nitrogens with zero attached hydrogens (tertiary/aromatic N) is 3. The van der Waals surface area contributed by atoms with Gasteiger partial charge in [-0.25, -0.2) is 17.8 Å². The number of carbonyl (C=O) groups excluding carboxylic acids is 5. The van der Waals surface area contributed by atoms with Crippen molar-refractivity contribution in [1.29, 1.82) is 0 Å². The predicted molar refractivity (Wildman–Crippen MR) is 215 cm³/mol. The Bertz CT molecular complexity index is 2160. The van der Waals surface area contributed by atoms with Gasteiger partial charge in [0.25, 0.3) is 5.91 Å². The summed E-state index contributed by atoms with van der Waals surface area (Å²) >= 11 is 0. The molecule has 3 N–H and O–H groups in total. The molecular formula is C42H55FN6O9S. The van der Waals surface area contributed by atoms with E-state index in [4.69, 9.17) is 9.47 Å². The minimum absolute atomic E-state index is 0.0500. The van der Waals surface area contributed by atoms with Crippen LogP contribution in [-0.4, -0.2) is 108 Å². The first-order chi connectivity index (χ1) is 27.9. The number of rotatable bonds is 8. The summed E-state index contributed by atoms with van der Waals surface area (Å²) in [5.74, 6) is -3.61. The Morgan fingerprint density at radius 2 is 1.78 bits per heavy atom. The maximum absolute atomic E-state index is 15.0. The number of fused-ring (bicyclic) bond motifs is 3. The summed E-state index contributed by atoms with van der Waals surface area (Å²) in [6.45, 7) is 7.79. The summed E-state index contributed by atoms with van der Waals surface area (Å²) in [7, 11) is -2.57. The first-order valence-electron chi connectivity index (χ1n) is 20.7. The molecule has 2 saturated heterocycles. The van der Waals surface area contributed by atoms with E-state index < -0.39 is 73.9 Å². The zero-order chi connectivity index (χ0) is 42.4. The molecule has 0 unspecified atom stereocenters. The van der Waals surface area contributed by atoms with Crippen LogP contribution in [0.2, 0.25) is 0 Å². The summed E-state index contributed by atoms with van der Waals surface area (Å²) in [4.78, 5) is 77.0. The molecule has 4 heterocycles. The van der Waals surface area contributed by atoms with Gasteiger partial charge < -0.3 is 29.9 Å². The van der Waals surface area contributed by atoms with E-state index in [2.05, 4.69) is 27.3 Å². The summed E-state index contributed by atoms with van der Waals surface area (Å²) in [5.41, 5.74) is -1.58. The fourth-order valence-corrected chi connectivity index (χ4v) is 10.2. The van der Waals surface area contributed by atoms with E-state index in [1.165, 1.54) is 37.3 Å². The standard InChI is InChI=1S/C42H55FN6O9S/c1-24-8-6-7-9-28-21-42(28,40(54)47-59(55,56)41(4)14-15-41)46-37(52)33-20-30(58-38-32-19-29(43)10-11-31(32)34(57-5)22-44-38)23-49(33)39(53)35(25(2)18-24)45-36(51)27-12-16-48(17-13-27)26(3)50/h7,9-11,19,22,24-25,27-28,30,33,35H,6,8,12-18,20-21,23H2,1-5H3,(H,45,51)(H,46,52)(H,47,54)/b9-7-/t24-,25-,28-,30-,33+,35+,42-/m1/s1. The smallest absolute Gasteiger partial charge is 0.259 e. The van der Waals surface area contributed by atoms with Gasteiger partial charge in [-0.2, -0.15) is 0 Å². The number of halogens is 1. The molecule has 7 atom stereocenters. The number of hydrogen-bond donors (Lipinski definition) is 3. The number of amides is 5. The number of likely N-dealkylation sites (tertiary alicyclic amines) is 1. The second-order valence-corrected chi connectivity index (χ2v) is 19.7. The Balaban J connectivity index is 1.22. The van der Waals surface area contributed by atoms with Gasteiger partial charge in [-0.05, 0) is 88.3 Å². The predicted octanol–water partition coefficient (Wildman–Crippen LogP) is 3.36. The average Bonchev–Trinajstić information content (AvgIpc) is 4.08. The molecule has 2 saturated carbocycles. The molecule has 0 radical (unpaired) electrons. The van der Waals surface area contributed by atoms with Crippen LogP contribution < -0.4 is 24.8 Å². The molecule has 5 aliphatic rings. The van der Waals surface area contributed by atoms with Crippen molar-refractivity contribution in [2.45, 2.75) is 114 Å². The Hall–Kier alpha value is -4.80. The molecule has 1 aromatic carbocycles. The summed E-state index contributed by atoms with van der Waals surface area (Å²) in [6, 6.07) is 1.86. The van der Waals surface area contributed by atoms with Crippen molar-refractivity contribution in [2.24, 2.45) is 23.7 Å². The molecule has 5 amide bonds. The number of pyridine rings is 1. The molecule has 7 rings (SSSR count). The van der Waals surface area contributed by atoms with Crippen LogP contribution in [0.1, 0.15) is 85.5 Å². The lowest BCUT2D eigenvalue weighted by atomic mass is 9.87. The largest absolute Gasteiger partial charge is 0.494 e. The van der Waals surface area contributed by atoms with Gasteiger partial charge in [0.1, 0.15) is 35.3 Å². The van der Waals surface area contributed by atoms with E-state index in [1.54, 1.807) is 17.9 Å². The van der Waals surface area contributed by atoms with Gasteiger partial charge in [0, 0.05) is 43.7 Å². The zero-order valence-electron chi connectivity index (χ0n) is 34.3. The monoisotopic (exact) mass is 838 g/mol. The lowest BCUT2D eigenvalue weighted by molar-refractivity contribution is -0.144. The second kappa shape index (κ2) is 16.3. The molecule has 0 spiro atoms. The van der Waals surface area contributed by atoms with E-state index in [9.17, 15) is 32.0 Å². The van der Waals surface area contributed by atoms with Crippen molar-refractivity contribution in [3.63, 3.8) is 0 Å². The Kier molecular flexibility index (Phi) is 11.7. The van der Waals surface area contributed by atoms with E-state index in [0.717, 1.165) is 6.42 Å². The van der Waals surface area contributed by atoms with Crippen molar-refractivity contribution in [1.82, 2.24) is 30.1 Å². The lowest BCUT2D eigenvalue weighted by Crippen LogP contribution is -2.59. The van der Waals surface area contributed by atoms with Gasteiger partial charge in [0.05, 0.1) is 30.0 Å². The number of hydrogen-bond acceptors (Lipinski definition) is 10. The molecule has 59 heavy (non-hydrogen) atoms. The topological polar surface area (TPSA) is 193 Å². The quantitative estimate of drug-likeness (QED) is 0.332. The van der Waals surface area contributed by atoms with Crippen LogP contribution in [-0.2, 0) is 34.0 Å². The molecule has 0 bridgehead atoms. The van der Waals surface area contributed by atoms with Crippen molar-refractivity contribution in [2.75, 3.05) is 26.7 Å². The second-order valence-electron chi connectivity index (χ2n) is 17.5. The van der Waals surface area contributed by atoms with Gasteiger partial charge in [-0.1, -0.05) is 26.0 Å². The van der Waals surface area contributed by atoms with Crippen molar-refractivity contribution in [3.05, 3.63) is 42.4 Å². The highest BCUT2D eigenvalue weighted by atomic mass is 32.2. The van der Waals surface area contributed by atoms with Crippen LogP contribution in [0.15, 0.2) is 36.5 Å². The van der Waals surface area contributed by atoms with Crippen LogP contribution in [0.4, 0.5) is 4.39 Å². The number of piperidine rings is 1. The molecule has 1 aromatic heterocycles. The average molecular weight is 839 g/mol. The SMILES string of the molecule is COc1cnc(O[C@@H]2C[C@H]3C(=O)N[C@]4(C(=O)NS(=O)(=O)C5(C)CC5)C[C@H]4/C=C\CC[C@@H](C)C[C@@H](C)[C@H](NC(=O)C4CCN(C(C)=O)CC4)C(=O)N3C2)c2cc(F)ccc12. The normalized spacial score (nSPS) is 30.5. The third-order valence-corrected chi connectivity index (χ3v) is 15.3. The molecule has 2 aliphatic carbocycles. The van der Waals surface area contributed by atoms with Gasteiger partial charge >= 0.3 is 0 Å². The van der Waals surface area contributed by atoms with Gasteiger partial charge in [-0.3, -0.25) is 28.7 Å². The number of methoxy groups -OCH3 is 1. The highest BCUT2D eigenvalue weighted by Crippen LogP contribution is 2.48. The number of ether oxygens (including phenoxy) is 2. The molecule has 320 valence electrons. The van der Waals surface area contributed by atoms with Crippen LogP contribution in [0, 0.1) is 29.5 Å². The van der Waals surface area contributed by atoms with Crippen LogP contribution >= 0.6 is 0 Å². The highest BCUT2D eigenvalue weighted by molar-refractivity contribution is 7.91. The minimum Gasteiger partial charge on any atom is -0.494 e. The van der Waals surface area contributed by atoms with Gasteiger partial charge in [0.15, 0.2) is 0 Å². The summed E-state index contributed by atoms with van der Waals surface area (Å²) in [6.07, 6.45) is 8.20. The van der Waals surface area contributed by atoms with Crippen molar-refractivity contribution in [3.8, 4) is 11.6 Å². The number of carbonyl (C=O) groups is 5. The van der Waals surface area contributed by atoms with Crippen LogP contribution in [0.25, 0.3) is 10.8 Å². The van der Waals surface area contributed by atoms with Crippen LogP contribution in [0.5, 0.6) is 11.6 Å². The molecule has 4 fully saturated rings. The van der Waals surface area contributed by atoms with Crippen molar-refractivity contribution >= 4 is 50.3 Å². The van der Waals surface area contributed by atoms with Gasteiger partial charge in [0.2, 0.25) is 39.5 Å². The molecule has 17 heteroatoms. The maximum atomic E-state index is 15.0. The first kappa shape index (κ1) is 42.3. The number of benzene rings is 1. The fraction of sp³-hybridized carbons (Fsp3) is 0.619. The Morgan fingerprint density at radius 1 is 1.05 bits per heavy atom. The third-order valence-electron chi connectivity index (χ3n) is 13.1. The fourth-order valence-electron chi connectivity index (χ4n) is 8.90. The lowest BCUT2D eigenvalue weighted by Gasteiger charge is -2.35. The molecular weight excluding hydrogens is 784 g/mol.